The molecule has 0 aromatic carbocycles. The summed E-state index contributed by atoms with van der Waals surface area (Å²) in [6, 6.07) is 0.325. The first-order valence-electron chi connectivity index (χ1n) is 4.50. The lowest BCUT2D eigenvalue weighted by atomic mass is 10.2. The summed E-state index contributed by atoms with van der Waals surface area (Å²) in [7, 11) is 1.72. The van der Waals surface area contributed by atoms with E-state index >= 15 is 0 Å². The van der Waals surface area contributed by atoms with Gasteiger partial charge in [0.2, 0.25) is 5.96 Å². The van der Waals surface area contributed by atoms with Gasteiger partial charge in [0.1, 0.15) is 0 Å². The lowest BCUT2D eigenvalue weighted by molar-refractivity contribution is -0.0235. The molecule has 0 saturated carbocycles. The minimum Gasteiger partial charge on any atom is -0.375 e. The van der Waals surface area contributed by atoms with E-state index in [1.54, 1.807) is 7.05 Å². The molecule has 13 heavy (non-hydrogen) atoms. The molecular formula is C8H18N4O. The third kappa shape index (κ3) is 2.32. The maximum atomic E-state index is 5.49. The number of hydrogen-bond acceptors (Lipinski definition) is 3. The second-order valence-electron chi connectivity index (χ2n) is 3.34. The zero-order valence-electron chi connectivity index (χ0n) is 8.45. The molecule has 3 N–H and O–H groups in total. The monoisotopic (exact) mass is 186 g/mol. The van der Waals surface area contributed by atoms with Crippen LogP contribution in [0.25, 0.3) is 0 Å². The van der Waals surface area contributed by atoms with Gasteiger partial charge in [0.05, 0.1) is 18.8 Å². The zero-order chi connectivity index (χ0) is 9.84. The van der Waals surface area contributed by atoms with Gasteiger partial charge in [0, 0.05) is 13.6 Å². The number of aliphatic imine (C=N–C) groups is 1. The third-order valence-corrected chi connectivity index (χ3v) is 2.22. The number of nitrogens with one attached hydrogen (secondary N) is 1. The fourth-order valence-corrected chi connectivity index (χ4v) is 1.47. The molecule has 1 saturated heterocycles. The highest BCUT2D eigenvalue weighted by molar-refractivity contribution is 5.79. The van der Waals surface area contributed by atoms with Gasteiger partial charge in [-0.15, -0.1) is 0 Å². The van der Waals surface area contributed by atoms with Crippen LogP contribution < -0.4 is 11.3 Å². The molecule has 1 aliphatic heterocycles. The molecule has 0 radical (unpaired) electrons. The summed E-state index contributed by atoms with van der Waals surface area (Å²) >= 11 is 0. The summed E-state index contributed by atoms with van der Waals surface area (Å²) in [6.07, 6.45) is 0.237. The van der Waals surface area contributed by atoms with Crippen LogP contribution >= 0.6 is 0 Å². The van der Waals surface area contributed by atoms with Gasteiger partial charge in [-0.05, 0) is 13.8 Å². The maximum Gasteiger partial charge on any atom is 0.208 e. The fourth-order valence-electron chi connectivity index (χ4n) is 1.47. The van der Waals surface area contributed by atoms with E-state index in [1.807, 2.05) is 6.92 Å². The molecule has 2 atom stereocenters. The van der Waals surface area contributed by atoms with E-state index < -0.39 is 0 Å². The lowest BCUT2D eigenvalue weighted by Gasteiger charge is -2.38. The molecule has 5 heteroatoms. The molecule has 0 bridgehead atoms. The van der Waals surface area contributed by atoms with Crippen molar-refractivity contribution in [2.45, 2.75) is 26.0 Å². The smallest absolute Gasteiger partial charge is 0.208 e. The summed E-state index contributed by atoms with van der Waals surface area (Å²) in [5, 5.41) is 0. The van der Waals surface area contributed by atoms with Gasteiger partial charge < -0.3 is 9.64 Å². The van der Waals surface area contributed by atoms with Crippen molar-refractivity contribution in [3.05, 3.63) is 0 Å². The molecule has 1 rings (SSSR count). The van der Waals surface area contributed by atoms with Crippen LogP contribution in [-0.2, 0) is 4.74 Å². The Kier molecular flexibility index (Phi) is 3.50. The van der Waals surface area contributed by atoms with Gasteiger partial charge in [0.15, 0.2) is 0 Å². The summed E-state index contributed by atoms with van der Waals surface area (Å²) in [4.78, 5) is 6.19. The van der Waals surface area contributed by atoms with Crippen LogP contribution in [0.4, 0.5) is 0 Å². The lowest BCUT2D eigenvalue weighted by Crippen LogP contribution is -2.55. The Morgan fingerprint density at radius 2 is 2.31 bits per heavy atom. The Morgan fingerprint density at radius 3 is 2.85 bits per heavy atom. The maximum absolute atomic E-state index is 5.49. The number of nitrogens with two attached hydrogens (primary N) is 1. The largest absolute Gasteiger partial charge is 0.375 e. The van der Waals surface area contributed by atoms with Crippen LogP contribution in [0.15, 0.2) is 4.99 Å². The second kappa shape index (κ2) is 4.43. The van der Waals surface area contributed by atoms with Gasteiger partial charge in [-0.1, -0.05) is 0 Å². The Balaban J connectivity index is 2.64. The van der Waals surface area contributed by atoms with Crippen molar-refractivity contribution in [2.75, 3.05) is 20.2 Å². The van der Waals surface area contributed by atoms with E-state index in [4.69, 9.17) is 10.6 Å². The average molecular weight is 186 g/mol. The Bertz CT molecular complexity index is 195. The SMILES string of the molecule is CN=C(NN)N1CC(C)OCC1C. The summed E-state index contributed by atoms with van der Waals surface area (Å²) in [5.41, 5.74) is 2.59. The predicted molar refractivity (Wildman–Crippen MR) is 52.3 cm³/mol. The van der Waals surface area contributed by atoms with Crippen LogP contribution in [0, 0.1) is 0 Å². The van der Waals surface area contributed by atoms with Gasteiger partial charge in [0.25, 0.3) is 0 Å². The minimum absolute atomic E-state index is 0.237. The first-order chi connectivity index (χ1) is 6.19. The normalized spacial score (nSPS) is 30.5. The second-order valence-corrected chi connectivity index (χ2v) is 3.34. The van der Waals surface area contributed by atoms with Crippen molar-refractivity contribution in [3.63, 3.8) is 0 Å². The van der Waals surface area contributed by atoms with Crippen molar-refractivity contribution < 1.29 is 4.74 Å². The van der Waals surface area contributed by atoms with Crippen LogP contribution in [-0.4, -0.2) is 43.2 Å². The van der Waals surface area contributed by atoms with Crippen LogP contribution in [0.1, 0.15) is 13.8 Å². The fraction of sp³-hybridized carbons (Fsp3) is 0.875. The Morgan fingerprint density at radius 1 is 1.62 bits per heavy atom. The van der Waals surface area contributed by atoms with E-state index in [2.05, 4.69) is 22.2 Å². The zero-order valence-corrected chi connectivity index (χ0v) is 8.45. The molecule has 1 fully saturated rings. The van der Waals surface area contributed by atoms with Gasteiger partial charge in [-0.25, -0.2) is 5.84 Å². The van der Waals surface area contributed by atoms with Gasteiger partial charge in [-0.2, -0.15) is 0 Å². The predicted octanol–water partition coefficient (Wildman–Crippen LogP) is -0.455. The van der Waals surface area contributed by atoms with E-state index in [9.17, 15) is 0 Å². The molecule has 0 spiro atoms. The summed E-state index contributed by atoms with van der Waals surface area (Å²) in [5.74, 6) is 6.08. The van der Waals surface area contributed by atoms with E-state index in [0.29, 0.717) is 6.04 Å². The number of nitrogens with zero attached hydrogens (tertiary/aromatic N) is 2. The first kappa shape index (κ1) is 10.3. The van der Waals surface area contributed by atoms with Crippen molar-refractivity contribution in [1.82, 2.24) is 10.3 Å². The molecule has 0 amide bonds. The van der Waals surface area contributed by atoms with E-state index in [0.717, 1.165) is 19.1 Å². The molecule has 1 aliphatic rings. The van der Waals surface area contributed by atoms with E-state index in [-0.39, 0.29) is 6.10 Å². The number of ether oxygens (including phenoxy) is 1. The first-order valence-corrected chi connectivity index (χ1v) is 4.50. The minimum atomic E-state index is 0.237. The number of morpholine rings is 1. The average Bonchev–Trinajstić information content (AvgIpc) is 2.13. The Labute approximate surface area is 78.9 Å². The molecular weight excluding hydrogens is 168 g/mol. The summed E-state index contributed by atoms with van der Waals surface area (Å²) < 4.78 is 5.49. The van der Waals surface area contributed by atoms with Gasteiger partial charge in [-0.3, -0.25) is 10.4 Å². The number of hydrogen-bond donors (Lipinski definition) is 2. The van der Waals surface area contributed by atoms with Crippen LogP contribution in [0.2, 0.25) is 0 Å². The topological polar surface area (TPSA) is 62.9 Å². The van der Waals surface area contributed by atoms with Crippen LogP contribution in [0.5, 0.6) is 0 Å². The highest BCUT2D eigenvalue weighted by Gasteiger charge is 2.25. The summed E-state index contributed by atoms with van der Waals surface area (Å²) in [6.45, 7) is 5.69. The number of hydrazine groups is 1. The van der Waals surface area contributed by atoms with Crippen molar-refractivity contribution in [1.29, 1.82) is 0 Å². The molecule has 76 valence electrons. The highest BCUT2D eigenvalue weighted by Crippen LogP contribution is 2.10. The molecule has 2 unspecified atom stereocenters. The van der Waals surface area contributed by atoms with Gasteiger partial charge >= 0.3 is 0 Å². The van der Waals surface area contributed by atoms with Crippen LogP contribution in [0.3, 0.4) is 0 Å². The third-order valence-electron chi connectivity index (χ3n) is 2.22. The molecule has 0 aromatic heterocycles. The Hall–Kier alpha value is -0.810. The van der Waals surface area contributed by atoms with E-state index in [1.165, 1.54) is 0 Å². The van der Waals surface area contributed by atoms with Crippen molar-refractivity contribution in [3.8, 4) is 0 Å². The van der Waals surface area contributed by atoms with Crippen molar-refractivity contribution in [2.24, 2.45) is 10.8 Å². The molecule has 1 heterocycles. The quantitative estimate of drug-likeness (QED) is 0.233. The number of guanidine groups is 1. The number of rotatable bonds is 0. The standard InChI is InChI=1S/C8H18N4O/c1-6-5-13-7(2)4-12(6)8(10-3)11-9/h6-7H,4-5,9H2,1-3H3,(H,10,11). The highest BCUT2D eigenvalue weighted by atomic mass is 16.5. The van der Waals surface area contributed by atoms with Crippen molar-refractivity contribution >= 4 is 5.96 Å². The molecule has 0 aliphatic carbocycles. The molecule has 5 nitrogen and oxygen atoms in total. The molecule has 0 aromatic rings.